The summed E-state index contributed by atoms with van der Waals surface area (Å²) < 4.78 is 5.47. The van der Waals surface area contributed by atoms with Gasteiger partial charge in [-0.25, -0.2) is 0 Å². The maximum absolute atomic E-state index is 12.1. The van der Waals surface area contributed by atoms with Crippen molar-refractivity contribution < 1.29 is 14.5 Å². The molecule has 1 atom stereocenters. The minimum Gasteiger partial charge on any atom is -0.481 e. The Morgan fingerprint density at radius 2 is 2.00 bits per heavy atom. The molecule has 6 nitrogen and oxygen atoms in total. The van der Waals surface area contributed by atoms with Crippen LogP contribution in [-0.2, 0) is 4.79 Å². The van der Waals surface area contributed by atoms with E-state index in [0.29, 0.717) is 10.8 Å². The van der Waals surface area contributed by atoms with Crippen molar-refractivity contribution in [1.29, 1.82) is 0 Å². The smallest absolute Gasteiger partial charge is 0.271 e. The molecule has 2 rings (SSSR count). The van der Waals surface area contributed by atoms with Gasteiger partial charge < -0.3 is 10.1 Å². The highest BCUT2D eigenvalue weighted by Crippen LogP contribution is 2.27. The number of nitro groups is 1. The quantitative estimate of drug-likeness (QED) is 0.640. The van der Waals surface area contributed by atoms with Gasteiger partial charge in [0.2, 0.25) is 0 Å². The van der Waals surface area contributed by atoms with E-state index in [1.807, 2.05) is 0 Å². The third-order valence-corrected chi connectivity index (χ3v) is 3.46. The first kappa shape index (κ1) is 17.1. The highest BCUT2D eigenvalue weighted by Gasteiger charge is 2.18. The van der Waals surface area contributed by atoms with Crippen LogP contribution in [0.3, 0.4) is 0 Å². The van der Waals surface area contributed by atoms with Gasteiger partial charge >= 0.3 is 0 Å². The summed E-state index contributed by atoms with van der Waals surface area (Å²) in [6, 6.07) is 10.4. The molecule has 0 radical (unpaired) electrons. The first-order valence-corrected chi connectivity index (χ1v) is 7.29. The topological polar surface area (TPSA) is 81.5 Å². The molecular weight excluding hydrogens is 343 g/mol. The summed E-state index contributed by atoms with van der Waals surface area (Å²) in [5.74, 6) is -0.0577. The van der Waals surface area contributed by atoms with Gasteiger partial charge in [0.25, 0.3) is 11.6 Å². The lowest BCUT2D eigenvalue weighted by molar-refractivity contribution is -0.384. The predicted molar refractivity (Wildman–Crippen MR) is 88.3 cm³/mol. The number of hydrogen-bond acceptors (Lipinski definition) is 4. The van der Waals surface area contributed by atoms with Crippen molar-refractivity contribution in [3.05, 3.63) is 62.6 Å². The number of benzene rings is 2. The number of carbonyl (C=O) groups is 1. The molecule has 0 bridgehead atoms. The Morgan fingerprint density at radius 1 is 1.26 bits per heavy atom. The number of anilines is 1. The van der Waals surface area contributed by atoms with Crippen LogP contribution < -0.4 is 10.1 Å². The molecule has 0 heterocycles. The van der Waals surface area contributed by atoms with Crippen LogP contribution in [0.4, 0.5) is 11.4 Å². The standard InChI is InChI=1S/C15H12Cl2N2O4/c1-9(23-12-4-2-3-10(16)7-12)15(20)18-14-8-11(19(21)22)5-6-13(14)17/h2-9H,1H3,(H,18,20)/t9-/m0/s1. The van der Waals surface area contributed by atoms with Gasteiger partial charge in [-0.3, -0.25) is 14.9 Å². The van der Waals surface area contributed by atoms with Gasteiger partial charge in [-0.1, -0.05) is 29.3 Å². The Hall–Kier alpha value is -2.31. The molecule has 0 saturated carbocycles. The van der Waals surface area contributed by atoms with Crippen LogP contribution >= 0.6 is 23.2 Å². The molecule has 2 aromatic rings. The average molecular weight is 355 g/mol. The molecule has 0 fully saturated rings. The molecule has 8 heteroatoms. The number of carbonyl (C=O) groups excluding carboxylic acids is 1. The number of non-ortho nitro benzene ring substituents is 1. The summed E-state index contributed by atoms with van der Waals surface area (Å²) >= 11 is 11.8. The fourth-order valence-electron chi connectivity index (χ4n) is 1.75. The zero-order chi connectivity index (χ0) is 17.0. The van der Waals surface area contributed by atoms with Gasteiger partial charge in [0.1, 0.15) is 5.75 Å². The second-order valence-corrected chi connectivity index (χ2v) is 5.47. The van der Waals surface area contributed by atoms with Crippen molar-refractivity contribution in [3.8, 4) is 5.75 Å². The molecule has 0 spiro atoms. The summed E-state index contributed by atoms with van der Waals surface area (Å²) in [7, 11) is 0. The molecule has 1 amide bonds. The summed E-state index contributed by atoms with van der Waals surface area (Å²) in [6.07, 6.45) is -0.844. The van der Waals surface area contributed by atoms with E-state index in [9.17, 15) is 14.9 Å². The Bertz CT molecular complexity index is 752. The van der Waals surface area contributed by atoms with Crippen molar-refractivity contribution in [2.45, 2.75) is 13.0 Å². The van der Waals surface area contributed by atoms with E-state index < -0.39 is 16.9 Å². The first-order valence-electron chi connectivity index (χ1n) is 6.54. The molecule has 0 aliphatic carbocycles. The largest absolute Gasteiger partial charge is 0.481 e. The summed E-state index contributed by atoms with van der Waals surface area (Å²) in [5.41, 5.74) is -0.0273. The lowest BCUT2D eigenvalue weighted by Gasteiger charge is -2.15. The summed E-state index contributed by atoms with van der Waals surface area (Å²) in [4.78, 5) is 22.3. The number of nitrogens with one attached hydrogen (secondary N) is 1. The zero-order valence-corrected chi connectivity index (χ0v) is 13.5. The summed E-state index contributed by atoms with van der Waals surface area (Å²) in [6.45, 7) is 1.54. The lowest BCUT2D eigenvalue weighted by atomic mass is 10.2. The molecular formula is C15H12Cl2N2O4. The van der Waals surface area contributed by atoms with Gasteiger partial charge in [-0.15, -0.1) is 0 Å². The van der Waals surface area contributed by atoms with E-state index in [-0.39, 0.29) is 16.4 Å². The first-order chi connectivity index (χ1) is 10.9. The van der Waals surface area contributed by atoms with Crippen molar-refractivity contribution in [2.24, 2.45) is 0 Å². The Labute approximate surface area is 142 Å². The zero-order valence-electron chi connectivity index (χ0n) is 12.0. The van der Waals surface area contributed by atoms with Crippen molar-refractivity contribution >= 4 is 40.5 Å². The van der Waals surface area contributed by atoms with Crippen LogP contribution in [0.25, 0.3) is 0 Å². The highest BCUT2D eigenvalue weighted by molar-refractivity contribution is 6.33. The van der Waals surface area contributed by atoms with Crippen LogP contribution in [0.1, 0.15) is 6.92 Å². The second kappa shape index (κ2) is 7.30. The predicted octanol–water partition coefficient (Wildman–Crippen LogP) is 4.31. The van der Waals surface area contributed by atoms with E-state index in [1.165, 1.54) is 18.2 Å². The van der Waals surface area contributed by atoms with Gasteiger partial charge in [-0.2, -0.15) is 0 Å². The molecule has 0 aliphatic rings. The molecule has 2 aromatic carbocycles. The monoisotopic (exact) mass is 354 g/mol. The van der Waals surface area contributed by atoms with Crippen LogP contribution in [-0.4, -0.2) is 16.9 Å². The van der Waals surface area contributed by atoms with Gasteiger partial charge in [0.15, 0.2) is 6.10 Å². The number of rotatable bonds is 5. The van der Waals surface area contributed by atoms with E-state index in [2.05, 4.69) is 5.32 Å². The fraction of sp³-hybridized carbons (Fsp3) is 0.133. The van der Waals surface area contributed by atoms with E-state index in [4.69, 9.17) is 27.9 Å². The van der Waals surface area contributed by atoms with Gasteiger partial charge in [0, 0.05) is 17.2 Å². The Balaban J connectivity index is 2.09. The number of amides is 1. The minimum absolute atomic E-state index is 0.146. The number of ether oxygens (including phenoxy) is 1. The Kier molecular flexibility index (Phi) is 5.41. The molecule has 0 aromatic heterocycles. The minimum atomic E-state index is -0.844. The third kappa shape index (κ3) is 4.58. The number of hydrogen-bond donors (Lipinski definition) is 1. The molecule has 0 unspecified atom stereocenters. The van der Waals surface area contributed by atoms with Crippen LogP contribution in [0.2, 0.25) is 10.0 Å². The molecule has 1 N–H and O–H groups in total. The normalized spacial score (nSPS) is 11.6. The maximum atomic E-state index is 12.1. The molecule has 0 saturated heterocycles. The van der Waals surface area contributed by atoms with E-state index >= 15 is 0 Å². The van der Waals surface area contributed by atoms with Gasteiger partial charge in [-0.05, 0) is 31.2 Å². The van der Waals surface area contributed by atoms with Crippen molar-refractivity contribution in [3.63, 3.8) is 0 Å². The van der Waals surface area contributed by atoms with Crippen molar-refractivity contribution in [2.75, 3.05) is 5.32 Å². The molecule has 120 valence electrons. The van der Waals surface area contributed by atoms with E-state index in [0.717, 1.165) is 0 Å². The Morgan fingerprint density at radius 3 is 2.65 bits per heavy atom. The van der Waals surface area contributed by atoms with Crippen molar-refractivity contribution in [1.82, 2.24) is 0 Å². The fourth-order valence-corrected chi connectivity index (χ4v) is 2.10. The average Bonchev–Trinajstić information content (AvgIpc) is 2.49. The molecule has 23 heavy (non-hydrogen) atoms. The number of nitrogens with zero attached hydrogens (tertiary/aromatic N) is 1. The van der Waals surface area contributed by atoms with Crippen LogP contribution in [0.15, 0.2) is 42.5 Å². The van der Waals surface area contributed by atoms with Crippen LogP contribution in [0.5, 0.6) is 5.75 Å². The number of nitro benzene ring substituents is 1. The highest BCUT2D eigenvalue weighted by atomic mass is 35.5. The van der Waals surface area contributed by atoms with Crippen LogP contribution in [0, 0.1) is 10.1 Å². The summed E-state index contributed by atoms with van der Waals surface area (Å²) in [5, 5.41) is 14.0. The van der Waals surface area contributed by atoms with E-state index in [1.54, 1.807) is 31.2 Å². The SMILES string of the molecule is C[C@H](Oc1cccc(Cl)c1)C(=O)Nc1cc([N+](=O)[O-])ccc1Cl. The lowest BCUT2D eigenvalue weighted by Crippen LogP contribution is -2.30. The second-order valence-electron chi connectivity index (χ2n) is 4.63. The van der Waals surface area contributed by atoms with Gasteiger partial charge in [0.05, 0.1) is 15.6 Å². The number of halogens is 2. The third-order valence-electron chi connectivity index (χ3n) is 2.90. The maximum Gasteiger partial charge on any atom is 0.271 e. The molecule has 0 aliphatic heterocycles.